The summed E-state index contributed by atoms with van der Waals surface area (Å²) in [6.07, 6.45) is 4.74. The van der Waals surface area contributed by atoms with Crippen LogP contribution in [0.2, 0.25) is 0 Å². The van der Waals surface area contributed by atoms with Crippen LogP contribution in [-0.4, -0.2) is 36.1 Å². The monoisotopic (exact) mass is 199 g/mol. The molecule has 0 unspecified atom stereocenters. The van der Waals surface area contributed by atoms with Gasteiger partial charge in [0, 0.05) is 12.1 Å². The maximum absolute atomic E-state index is 10.7. The minimum absolute atomic E-state index is 0.508. The number of hydrogen-bond donors (Lipinski definition) is 1. The van der Waals surface area contributed by atoms with Crippen molar-refractivity contribution in [3.8, 4) is 0 Å². The second kappa shape index (κ2) is 7.56. The number of carboxylic acid groups (broad SMARTS) is 1. The van der Waals surface area contributed by atoms with Crippen LogP contribution in [0, 0.1) is 0 Å². The van der Waals surface area contributed by atoms with Crippen molar-refractivity contribution in [2.75, 3.05) is 20.1 Å². The molecule has 0 saturated carbocycles. The van der Waals surface area contributed by atoms with E-state index in [0.717, 1.165) is 13.1 Å². The number of hydrogen-bond acceptors (Lipinski definition) is 2. The summed E-state index contributed by atoms with van der Waals surface area (Å²) in [5, 5.41) is 8.78. The first-order valence-electron chi connectivity index (χ1n) is 5.22. The third-order valence-electron chi connectivity index (χ3n) is 2.20. The summed E-state index contributed by atoms with van der Waals surface area (Å²) in [6, 6.07) is 0. The minimum atomic E-state index is -0.795. The summed E-state index contributed by atoms with van der Waals surface area (Å²) >= 11 is 0. The molecular formula is C11H21NO2. The standard InChI is InChI=1S/C11H21NO2/c1-4-6-8-12(3)9-7-10(5-2)11(13)14/h7H,4-6,8-9H2,1-3H3,(H,13,14). The number of unbranched alkanes of at least 4 members (excludes halogenated alkanes) is 1. The number of carbonyl (C=O) groups is 1. The van der Waals surface area contributed by atoms with Crippen LogP contribution in [0.1, 0.15) is 33.1 Å². The molecule has 3 nitrogen and oxygen atoms in total. The summed E-state index contributed by atoms with van der Waals surface area (Å²) in [5.41, 5.74) is 0.508. The van der Waals surface area contributed by atoms with Crippen molar-refractivity contribution in [3.05, 3.63) is 11.6 Å². The molecule has 0 aliphatic carbocycles. The lowest BCUT2D eigenvalue weighted by Gasteiger charge is -2.13. The van der Waals surface area contributed by atoms with Gasteiger partial charge in [-0.05, 0) is 26.4 Å². The SMILES string of the molecule is CCCCN(C)CC=C(CC)C(=O)O. The molecule has 0 aromatic carbocycles. The Morgan fingerprint density at radius 1 is 1.43 bits per heavy atom. The van der Waals surface area contributed by atoms with Gasteiger partial charge in [-0.1, -0.05) is 26.3 Å². The average molecular weight is 199 g/mol. The van der Waals surface area contributed by atoms with Gasteiger partial charge in [0.2, 0.25) is 0 Å². The van der Waals surface area contributed by atoms with Gasteiger partial charge in [0.15, 0.2) is 0 Å². The maximum atomic E-state index is 10.7. The zero-order valence-electron chi connectivity index (χ0n) is 9.42. The number of nitrogens with zero attached hydrogens (tertiary/aromatic N) is 1. The number of carboxylic acids is 1. The molecule has 0 radical (unpaired) electrons. The number of rotatable bonds is 7. The van der Waals surface area contributed by atoms with Gasteiger partial charge < -0.3 is 10.0 Å². The van der Waals surface area contributed by atoms with Gasteiger partial charge in [-0.3, -0.25) is 0 Å². The molecule has 0 heterocycles. The fourth-order valence-electron chi connectivity index (χ4n) is 1.17. The van der Waals surface area contributed by atoms with E-state index in [2.05, 4.69) is 11.8 Å². The molecule has 14 heavy (non-hydrogen) atoms. The minimum Gasteiger partial charge on any atom is -0.478 e. The lowest BCUT2D eigenvalue weighted by atomic mass is 10.2. The molecule has 0 aromatic heterocycles. The van der Waals surface area contributed by atoms with Gasteiger partial charge >= 0.3 is 5.97 Å². The van der Waals surface area contributed by atoms with E-state index < -0.39 is 5.97 Å². The molecule has 0 saturated heterocycles. The van der Waals surface area contributed by atoms with Crippen LogP contribution in [0.4, 0.5) is 0 Å². The first-order valence-corrected chi connectivity index (χ1v) is 5.22. The van der Waals surface area contributed by atoms with E-state index in [-0.39, 0.29) is 0 Å². The van der Waals surface area contributed by atoms with Crippen LogP contribution < -0.4 is 0 Å². The summed E-state index contributed by atoms with van der Waals surface area (Å²) in [5.74, 6) is -0.795. The number of aliphatic carboxylic acids is 1. The summed E-state index contributed by atoms with van der Waals surface area (Å²) < 4.78 is 0. The molecule has 0 amide bonds. The second-order valence-corrected chi connectivity index (χ2v) is 3.50. The van der Waals surface area contributed by atoms with E-state index in [1.54, 1.807) is 6.08 Å². The van der Waals surface area contributed by atoms with Gasteiger partial charge in [0.25, 0.3) is 0 Å². The zero-order valence-corrected chi connectivity index (χ0v) is 9.42. The quantitative estimate of drug-likeness (QED) is 0.639. The highest BCUT2D eigenvalue weighted by Gasteiger charge is 2.03. The molecule has 0 atom stereocenters. The van der Waals surface area contributed by atoms with Crippen LogP contribution in [0.3, 0.4) is 0 Å². The van der Waals surface area contributed by atoms with Crippen molar-refractivity contribution in [1.82, 2.24) is 4.90 Å². The highest BCUT2D eigenvalue weighted by Crippen LogP contribution is 2.01. The van der Waals surface area contributed by atoms with Crippen LogP contribution in [0.5, 0.6) is 0 Å². The highest BCUT2D eigenvalue weighted by molar-refractivity contribution is 5.86. The van der Waals surface area contributed by atoms with Crippen LogP contribution in [0.15, 0.2) is 11.6 Å². The predicted molar refractivity (Wildman–Crippen MR) is 58.4 cm³/mol. The largest absolute Gasteiger partial charge is 0.478 e. The van der Waals surface area contributed by atoms with E-state index in [1.165, 1.54) is 12.8 Å². The lowest BCUT2D eigenvalue weighted by molar-refractivity contribution is -0.132. The van der Waals surface area contributed by atoms with Gasteiger partial charge in [-0.2, -0.15) is 0 Å². The first kappa shape index (κ1) is 13.2. The normalized spacial score (nSPS) is 12.1. The fraction of sp³-hybridized carbons (Fsp3) is 0.727. The van der Waals surface area contributed by atoms with Gasteiger partial charge in [-0.25, -0.2) is 4.79 Å². The third-order valence-corrected chi connectivity index (χ3v) is 2.20. The lowest BCUT2D eigenvalue weighted by Crippen LogP contribution is -2.20. The molecule has 0 fully saturated rings. The van der Waals surface area contributed by atoms with Gasteiger partial charge in [0.1, 0.15) is 0 Å². The fourth-order valence-corrected chi connectivity index (χ4v) is 1.17. The highest BCUT2D eigenvalue weighted by atomic mass is 16.4. The Kier molecular flexibility index (Phi) is 7.11. The van der Waals surface area contributed by atoms with Crippen LogP contribution >= 0.6 is 0 Å². The maximum Gasteiger partial charge on any atom is 0.331 e. The Labute approximate surface area is 86.4 Å². The van der Waals surface area contributed by atoms with E-state index in [4.69, 9.17) is 5.11 Å². The summed E-state index contributed by atoms with van der Waals surface area (Å²) in [6.45, 7) is 5.78. The predicted octanol–water partition coefficient (Wildman–Crippen LogP) is 2.14. The molecule has 1 N–H and O–H groups in total. The number of likely N-dealkylation sites (N-methyl/N-ethyl adjacent to an activating group) is 1. The first-order chi connectivity index (χ1) is 6.61. The van der Waals surface area contributed by atoms with Crippen molar-refractivity contribution >= 4 is 5.97 Å². The molecule has 82 valence electrons. The molecular weight excluding hydrogens is 178 g/mol. The van der Waals surface area contributed by atoms with E-state index >= 15 is 0 Å². The molecule has 0 rings (SSSR count). The van der Waals surface area contributed by atoms with E-state index in [9.17, 15) is 4.79 Å². The average Bonchev–Trinajstić information content (AvgIpc) is 2.15. The molecule has 0 bridgehead atoms. The second-order valence-electron chi connectivity index (χ2n) is 3.50. The van der Waals surface area contributed by atoms with Gasteiger partial charge in [-0.15, -0.1) is 0 Å². The Morgan fingerprint density at radius 2 is 2.07 bits per heavy atom. The molecule has 0 aromatic rings. The molecule has 0 aliphatic heterocycles. The van der Waals surface area contributed by atoms with Gasteiger partial charge in [0.05, 0.1) is 0 Å². The molecule has 0 aliphatic rings. The van der Waals surface area contributed by atoms with Crippen LogP contribution in [-0.2, 0) is 4.79 Å². The summed E-state index contributed by atoms with van der Waals surface area (Å²) in [4.78, 5) is 12.8. The van der Waals surface area contributed by atoms with Crippen molar-refractivity contribution < 1.29 is 9.90 Å². The van der Waals surface area contributed by atoms with Crippen molar-refractivity contribution in [3.63, 3.8) is 0 Å². The van der Waals surface area contributed by atoms with Crippen molar-refractivity contribution in [2.24, 2.45) is 0 Å². The zero-order chi connectivity index (χ0) is 11.0. The third kappa shape index (κ3) is 5.75. The van der Waals surface area contributed by atoms with E-state index in [1.807, 2.05) is 14.0 Å². The Morgan fingerprint density at radius 3 is 2.50 bits per heavy atom. The van der Waals surface area contributed by atoms with E-state index in [0.29, 0.717) is 12.0 Å². The topological polar surface area (TPSA) is 40.5 Å². The van der Waals surface area contributed by atoms with Crippen molar-refractivity contribution in [2.45, 2.75) is 33.1 Å². The molecule has 0 spiro atoms. The summed E-state index contributed by atoms with van der Waals surface area (Å²) in [7, 11) is 2.02. The van der Waals surface area contributed by atoms with Crippen molar-refractivity contribution in [1.29, 1.82) is 0 Å². The van der Waals surface area contributed by atoms with Crippen LogP contribution in [0.25, 0.3) is 0 Å². The molecule has 3 heteroatoms. The Hall–Kier alpha value is -0.830. The Balaban J connectivity index is 3.92. The Bertz CT molecular complexity index is 199. The smallest absolute Gasteiger partial charge is 0.331 e.